The van der Waals surface area contributed by atoms with Gasteiger partial charge in [-0.1, -0.05) is 49.2 Å². The summed E-state index contributed by atoms with van der Waals surface area (Å²) in [7, 11) is 0. The van der Waals surface area contributed by atoms with Crippen molar-refractivity contribution < 1.29 is 19.1 Å². The molecule has 0 N–H and O–H groups in total. The Morgan fingerprint density at radius 2 is 1.11 bits per heavy atom. The zero-order chi connectivity index (χ0) is 18.8. The standard InChI is InChI=1S/C22H20N2O4/c25-21-23-15-9-3-4-10-16(15)24-20(14-8-2-6-12-18(14)28-22(24)26)19(23)13-7-1-5-11-17(13)27-21/h1-2,5-8,11-12,15-16,19-20H,3-4,9-10H2/t15-,16-,19?,20?/m0/s1. The number of hydrogen-bond acceptors (Lipinski definition) is 4. The van der Waals surface area contributed by atoms with Gasteiger partial charge in [-0.15, -0.1) is 0 Å². The summed E-state index contributed by atoms with van der Waals surface area (Å²) >= 11 is 0. The third-order valence-corrected chi connectivity index (χ3v) is 6.60. The van der Waals surface area contributed by atoms with Gasteiger partial charge in [0, 0.05) is 11.1 Å². The number of benzene rings is 2. The number of carbonyl (C=O) groups excluding carboxylic acids is 2. The van der Waals surface area contributed by atoms with Gasteiger partial charge in [0.05, 0.1) is 24.2 Å². The van der Waals surface area contributed by atoms with E-state index in [-0.39, 0.29) is 36.4 Å². The van der Waals surface area contributed by atoms with Crippen LogP contribution in [0.5, 0.6) is 11.5 Å². The molecule has 0 aromatic heterocycles. The second-order valence-corrected chi connectivity index (χ2v) is 7.93. The highest BCUT2D eigenvalue weighted by atomic mass is 16.6. The molecule has 1 saturated heterocycles. The molecule has 6 nitrogen and oxygen atoms in total. The van der Waals surface area contributed by atoms with Crippen molar-refractivity contribution in [3.05, 3.63) is 59.7 Å². The molecule has 2 aromatic carbocycles. The van der Waals surface area contributed by atoms with Gasteiger partial charge in [0.1, 0.15) is 11.5 Å². The number of fused-ring (bicyclic) bond motifs is 10. The van der Waals surface area contributed by atoms with Crippen molar-refractivity contribution in [3.63, 3.8) is 0 Å². The minimum atomic E-state index is -0.309. The van der Waals surface area contributed by atoms with Crippen LogP contribution in [0.2, 0.25) is 0 Å². The van der Waals surface area contributed by atoms with Gasteiger partial charge in [0.15, 0.2) is 0 Å². The van der Waals surface area contributed by atoms with Crippen LogP contribution in [0, 0.1) is 0 Å². The summed E-state index contributed by atoms with van der Waals surface area (Å²) in [5, 5.41) is 0. The third kappa shape index (κ3) is 2.03. The zero-order valence-corrected chi connectivity index (χ0v) is 15.3. The van der Waals surface area contributed by atoms with Crippen molar-refractivity contribution in [2.24, 2.45) is 0 Å². The predicted octanol–water partition coefficient (Wildman–Crippen LogP) is 4.42. The maximum atomic E-state index is 13.1. The molecule has 3 heterocycles. The van der Waals surface area contributed by atoms with Gasteiger partial charge < -0.3 is 9.47 Å². The number of piperazine rings is 1. The van der Waals surface area contributed by atoms with Crippen LogP contribution < -0.4 is 9.47 Å². The molecule has 2 unspecified atom stereocenters. The number of rotatable bonds is 0. The number of hydrogen-bond donors (Lipinski definition) is 0. The summed E-state index contributed by atoms with van der Waals surface area (Å²) in [6, 6.07) is 14.7. The van der Waals surface area contributed by atoms with Gasteiger partial charge in [-0.05, 0) is 25.0 Å². The monoisotopic (exact) mass is 376 g/mol. The first-order chi connectivity index (χ1) is 13.7. The van der Waals surface area contributed by atoms with Gasteiger partial charge in [0.2, 0.25) is 0 Å². The lowest BCUT2D eigenvalue weighted by molar-refractivity contribution is -0.0672. The maximum Gasteiger partial charge on any atom is 0.416 e. The molecule has 4 aliphatic rings. The lowest BCUT2D eigenvalue weighted by atomic mass is 9.77. The molecule has 1 saturated carbocycles. The van der Waals surface area contributed by atoms with Gasteiger partial charge in [-0.3, -0.25) is 9.80 Å². The minimum absolute atomic E-state index is 0.0475. The van der Waals surface area contributed by atoms with Crippen LogP contribution in [0.15, 0.2) is 48.5 Å². The highest BCUT2D eigenvalue weighted by Crippen LogP contribution is 2.55. The minimum Gasteiger partial charge on any atom is -0.410 e. The molecule has 28 heavy (non-hydrogen) atoms. The van der Waals surface area contributed by atoms with Gasteiger partial charge in [0.25, 0.3) is 0 Å². The van der Waals surface area contributed by atoms with Crippen LogP contribution in [0.1, 0.15) is 48.9 Å². The average Bonchev–Trinajstić information content (AvgIpc) is 2.73. The van der Waals surface area contributed by atoms with Gasteiger partial charge >= 0.3 is 12.2 Å². The number of para-hydroxylation sites is 2. The molecular weight excluding hydrogens is 356 g/mol. The predicted molar refractivity (Wildman–Crippen MR) is 100 cm³/mol. The van der Waals surface area contributed by atoms with E-state index in [1.54, 1.807) is 0 Å². The normalized spacial score (nSPS) is 30.1. The SMILES string of the molecule is O=C1Oc2ccccc2C2C3c4ccccc4OC(=O)N3[C@H]3CCCC[C@@H]3N12. The largest absolute Gasteiger partial charge is 0.416 e. The molecular formula is C22H20N2O4. The Morgan fingerprint density at radius 3 is 1.57 bits per heavy atom. The molecule has 6 heteroatoms. The fourth-order valence-electron chi connectivity index (χ4n) is 5.52. The van der Waals surface area contributed by atoms with E-state index < -0.39 is 0 Å². The van der Waals surface area contributed by atoms with Crippen molar-refractivity contribution in [1.82, 2.24) is 9.80 Å². The van der Waals surface area contributed by atoms with Crippen molar-refractivity contribution >= 4 is 12.2 Å². The Kier molecular flexibility index (Phi) is 3.27. The van der Waals surface area contributed by atoms with E-state index in [1.165, 1.54) is 0 Å². The molecule has 2 aromatic rings. The van der Waals surface area contributed by atoms with Crippen LogP contribution in [0.4, 0.5) is 9.59 Å². The van der Waals surface area contributed by atoms with Crippen molar-refractivity contribution in [2.75, 3.05) is 0 Å². The fraction of sp³-hybridized carbons (Fsp3) is 0.364. The van der Waals surface area contributed by atoms with E-state index >= 15 is 0 Å². The quantitative estimate of drug-likeness (QED) is 0.683. The van der Waals surface area contributed by atoms with Gasteiger partial charge in [-0.2, -0.15) is 0 Å². The smallest absolute Gasteiger partial charge is 0.410 e. The molecule has 142 valence electrons. The summed E-state index contributed by atoms with van der Waals surface area (Å²) in [4.78, 5) is 30.0. The number of nitrogens with zero attached hydrogens (tertiary/aromatic N) is 2. The van der Waals surface area contributed by atoms with Crippen molar-refractivity contribution in [3.8, 4) is 11.5 Å². The van der Waals surface area contributed by atoms with E-state index in [0.717, 1.165) is 36.8 Å². The second kappa shape index (κ2) is 5.74. The fourth-order valence-corrected chi connectivity index (χ4v) is 5.52. The van der Waals surface area contributed by atoms with E-state index in [0.29, 0.717) is 11.5 Å². The Labute approximate surface area is 162 Å². The number of amides is 2. The molecule has 3 aliphatic heterocycles. The first-order valence-electron chi connectivity index (χ1n) is 9.92. The summed E-state index contributed by atoms with van der Waals surface area (Å²) in [6.07, 6.45) is 3.22. The Balaban J connectivity index is 1.61. The average molecular weight is 376 g/mol. The van der Waals surface area contributed by atoms with Crippen LogP contribution >= 0.6 is 0 Å². The Bertz CT molecular complexity index is 911. The molecule has 4 atom stereocenters. The molecule has 1 aliphatic carbocycles. The molecule has 0 spiro atoms. The number of ether oxygens (including phenoxy) is 2. The van der Waals surface area contributed by atoms with Gasteiger partial charge in [-0.25, -0.2) is 9.59 Å². The van der Waals surface area contributed by atoms with Crippen molar-refractivity contribution in [1.29, 1.82) is 0 Å². The summed E-state index contributed by atoms with van der Waals surface area (Å²) in [5.74, 6) is 1.17. The molecule has 0 radical (unpaired) electrons. The van der Waals surface area contributed by atoms with Crippen LogP contribution in [0.25, 0.3) is 0 Å². The Hall–Kier alpha value is -3.02. The third-order valence-electron chi connectivity index (χ3n) is 6.60. The lowest BCUT2D eigenvalue weighted by Gasteiger charge is -2.58. The van der Waals surface area contributed by atoms with E-state index in [1.807, 2.05) is 58.3 Å². The van der Waals surface area contributed by atoms with E-state index in [2.05, 4.69) is 0 Å². The second-order valence-electron chi connectivity index (χ2n) is 7.93. The Morgan fingerprint density at radius 1 is 0.679 bits per heavy atom. The van der Waals surface area contributed by atoms with Crippen LogP contribution in [-0.2, 0) is 0 Å². The first-order valence-corrected chi connectivity index (χ1v) is 9.92. The molecule has 6 rings (SSSR count). The molecule has 2 fully saturated rings. The summed E-state index contributed by atoms with van der Waals surface area (Å²) < 4.78 is 11.4. The van der Waals surface area contributed by atoms with E-state index in [9.17, 15) is 9.59 Å². The maximum absolute atomic E-state index is 13.1. The summed E-state index contributed by atoms with van der Waals surface area (Å²) in [6.45, 7) is 0. The van der Waals surface area contributed by atoms with E-state index in [4.69, 9.17) is 9.47 Å². The molecule has 0 bridgehead atoms. The van der Waals surface area contributed by atoms with Crippen molar-refractivity contribution in [2.45, 2.75) is 49.9 Å². The first kappa shape index (κ1) is 16.0. The highest BCUT2D eigenvalue weighted by molar-refractivity contribution is 5.79. The lowest BCUT2D eigenvalue weighted by Crippen LogP contribution is -2.67. The molecule has 2 amide bonds. The summed E-state index contributed by atoms with van der Waals surface area (Å²) in [5.41, 5.74) is 1.90. The number of carbonyl (C=O) groups is 2. The zero-order valence-electron chi connectivity index (χ0n) is 15.3. The van der Waals surface area contributed by atoms with Crippen LogP contribution in [0.3, 0.4) is 0 Å². The van der Waals surface area contributed by atoms with Crippen LogP contribution in [-0.4, -0.2) is 34.1 Å². The topological polar surface area (TPSA) is 59.1 Å². The highest BCUT2D eigenvalue weighted by Gasteiger charge is 2.57.